The fourth-order valence-electron chi connectivity index (χ4n) is 1.84. The number of nitrogens with zero attached hydrogens (tertiary/aromatic N) is 5. The second-order valence-electron chi connectivity index (χ2n) is 3.97. The van der Waals surface area contributed by atoms with Gasteiger partial charge in [0.25, 0.3) is 0 Å². The van der Waals surface area contributed by atoms with Crippen molar-refractivity contribution in [3.63, 3.8) is 0 Å². The Balaban J connectivity index is 1.97. The van der Waals surface area contributed by atoms with Crippen LogP contribution in [0.5, 0.6) is 0 Å². The van der Waals surface area contributed by atoms with Crippen molar-refractivity contribution in [1.29, 1.82) is 0 Å². The fourth-order valence-corrected chi connectivity index (χ4v) is 2.07. The van der Waals surface area contributed by atoms with E-state index in [2.05, 4.69) is 15.1 Å². The molecule has 3 rings (SSSR count). The van der Waals surface area contributed by atoms with Gasteiger partial charge >= 0.3 is 6.09 Å². The van der Waals surface area contributed by atoms with Crippen LogP contribution < -0.4 is 0 Å². The normalized spacial score (nSPS) is 15.4. The Bertz CT molecular complexity index is 626. The quantitative estimate of drug-likeness (QED) is 0.758. The second kappa shape index (κ2) is 4.09. The van der Waals surface area contributed by atoms with Crippen molar-refractivity contribution in [3.05, 3.63) is 17.2 Å². The summed E-state index contributed by atoms with van der Waals surface area (Å²) in [5, 5.41) is 5.11. The number of carbonyl (C=O) groups excluding carboxylic acids is 1. The van der Waals surface area contributed by atoms with Gasteiger partial charge in [-0.2, -0.15) is 5.10 Å². The van der Waals surface area contributed by atoms with E-state index >= 15 is 0 Å². The fraction of sp³-hybridized carbons (Fsp3) is 0.400. The van der Waals surface area contributed by atoms with Gasteiger partial charge in [0.1, 0.15) is 11.8 Å². The van der Waals surface area contributed by atoms with Gasteiger partial charge in [0, 0.05) is 7.05 Å². The summed E-state index contributed by atoms with van der Waals surface area (Å²) in [7, 11) is 1.78. The number of amides is 1. The molecule has 1 aliphatic heterocycles. The summed E-state index contributed by atoms with van der Waals surface area (Å²) in [5.41, 5.74) is 0.651. The van der Waals surface area contributed by atoms with Gasteiger partial charge < -0.3 is 4.74 Å². The molecule has 2 aromatic rings. The van der Waals surface area contributed by atoms with Crippen molar-refractivity contribution < 1.29 is 9.53 Å². The lowest BCUT2D eigenvalue weighted by Gasteiger charge is -2.11. The number of aryl methyl sites for hydroxylation is 1. The number of hydrogen-bond acceptors (Lipinski definition) is 5. The number of ether oxygens (including phenoxy) is 1. The molecule has 0 unspecified atom stereocenters. The second-order valence-corrected chi connectivity index (χ2v) is 4.33. The number of fused-ring (bicyclic) bond motifs is 1. The van der Waals surface area contributed by atoms with Crippen LogP contribution in [0.1, 0.15) is 5.82 Å². The maximum atomic E-state index is 11.3. The maximum absolute atomic E-state index is 11.3. The Morgan fingerprint density at radius 1 is 1.50 bits per heavy atom. The van der Waals surface area contributed by atoms with Gasteiger partial charge in [0.15, 0.2) is 11.5 Å². The van der Waals surface area contributed by atoms with Crippen LogP contribution in [0.3, 0.4) is 0 Å². The van der Waals surface area contributed by atoms with Crippen molar-refractivity contribution in [1.82, 2.24) is 24.6 Å². The van der Waals surface area contributed by atoms with Crippen molar-refractivity contribution in [2.24, 2.45) is 7.05 Å². The molecule has 0 radical (unpaired) electrons. The summed E-state index contributed by atoms with van der Waals surface area (Å²) in [6, 6.07) is 0. The van der Waals surface area contributed by atoms with Gasteiger partial charge in [-0.3, -0.25) is 9.58 Å². The molecular weight excluding hydrogens is 258 g/mol. The summed E-state index contributed by atoms with van der Waals surface area (Å²) in [6.45, 7) is 1.24. The van der Waals surface area contributed by atoms with Crippen LogP contribution in [-0.2, 0) is 18.3 Å². The molecular formula is C10H10ClN5O2. The van der Waals surface area contributed by atoms with Crippen LogP contribution in [-0.4, -0.2) is 43.9 Å². The van der Waals surface area contributed by atoms with Gasteiger partial charge in [-0.25, -0.2) is 14.8 Å². The van der Waals surface area contributed by atoms with E-state index in [1.807, 2.05) is 0 Å². The van der Waals surface area contributed by atoms with Crippen LogP contribution in [0.25, 0.3) is 11.0 Å². The van der Waals surface area contributed by atoms with Gasteiger partial charge in [-0.15, -0.1) is 0 Å². The molecule has 94 valence electrons. The van der Waals surface area contributed by atoms with Crippen molar-refractivity contribution in [2.45, 2.75) is 6.54 Å². The van der Waals surface area contributed by atoms with E-state index in [0.717, 1.165) is 0 Å². The molecule has 2 aromatic heterocycles. The topological polar surface area (TPSA) is 73.1 Å². The number of hydrogen-bond donors (Lipinski definition) is 0. The van der Waals surface area contributed by atoms with E-state index in [9.17, 15) is 4.79 Å². The first-order chi connectivity index (χ1) is 8.65. The molecule has 0 N–H and O–H groups in total. The number of carbonyl (C=O) groups is 1. The highest BCUT2D eigenvalue weighted by molar-refractivity contribution is 6.33. The standard InChI is InChI=1S/C10H10ClN5O2/c1-15-9-6(4-12-15)8(11)13-7(14-9)5-16-2-3-18-10(16)17/h4H,2-3,5H2,1H3. The first-order valence-electron chi connectivity index (χ1n) is 5.41. The third-order valence-corrected chi connectivity index (χ3v) is 3.06. The van der Waals surface area contributed by atoms with Gasteiger partial charge in [-0.1, -0.05) is 11.6 Å². The predicted octanol–water partition coefficient (Wildman–Crippen LogP) is 0.969. The Labute approximate surface area is 107 Å². The lowest BCUT2D eigenvalue weighted by Crippen LogP contribution is -2.24. The molecule has 18 heavy (non-hydrogen) atoms. The smallest absolute Gasteiger partial charge is 0.410 e. The molecule has 1 fully saturated rings. The molecule has 0 saturated carbocycles. The van der Waals surface area contributed by atoms with Crippen LogP contribution in [0, 0.1) is 0 Å². The van der Waals surface area contributed by atoms with Crippen LogP contribution in [0.4, 0.5) is 4.79 Å². The Morgan fingerprint density at radius 2 is 2.33 bits per heavy atom. The van der Waals surface area contributed by atoms with E-state index < -0.39 is 0 Å². The number of halogens is 1. The summed E-state index contributed by atoms with van der Waals surface area (Å²) >= 11 is 6.06. The summed E-state index contributed by atoms with van der Waals surface area (Å²) < 4.78 is 6.46. The summed E-state index contributed by atoms with van der Waals surface area (Å²) in [6.07, 6.45) is 1.27. The van der Waals surface area contributed by atoms with Crippen LogP contribution in [0.2, 0.25) is 5.15 Å². The molecule has 0 bridgehead atoms. The summed E-state index contributed by atoms with van der Waals surface area (Å²) in [5.74, 6) is 0.481. The number of rotatable bonds is 2. The zero-order valence-electron chi connectivity index (χ0n) is 9.63. The number of cyclic esters (lactones) is 1. The van der Waals surface area contributed by atoms with E-state index in [0.29, 0.717) is 41.7 Å². The van der Waals surface area contributed by atoms with Gasteiger partial charge in [-0.05, 0) is 0 Å². The van der Waals surface area contributed by atoms with E-state index in [1.165, 1.54) is 4.90 Å². The molecule has 1 amide bonds. The molecule has 7 nitrogen and oxygen atoms in total. The molecule has 0 atom stereocenters. The molecule has 0 aliphatic carbocycles. The third-order valence-electron chi connectivity index (χ3n) is 2.77. The monoisotopic (exact) mass is 267 g/mol. The first-order valence-corrected chi connectivity index (χ1v) is 5.79. The molecule has 8 heteroatoms. The Morgan fingerprint density at radius 3 is 3.06 bits per heavy atom. The highest BCUT2D eigenvalue weighted by atomic mass is 35.5. The SMILES string of the molecule is Cn1ncc2c(Cl)nc(CN3CCOC3=O)nc21. The highest BCUT2D eigenvalue weighted by Crippen LogP contribution is 2.20. The Hall–Kier alpha value is -1.89. The Kier molecular flexibility index (Phi) is 2.55. The van der Waals surface area contributed by atoms with Gasteiger partial charge in [0.2, 0.25) is 0 Å². The predicted molar refractivity (Wildman–Crippen MR) is 63.1 cm³/mol. The average Bonchev–Trinajstić information content (AvgIpc) is 2.88. The van der Waals surface area contributed by atoms with Crippen molar-refractivity contribution in [2.75, 3.05) is 13.2 Å². The minimum atomic E-state index is -0.347. The molecule has 3 heterocycles. The lowest BCUT2D eigenvalue weighted by molar-refractivity contribution is 0.156. The van der Waals surface area contributed by atoms with E-state index in [4.69, 9.17) is 16.3 Å². The zero-order chi connectivity index (χ0) is 12.7. The summed E-state index contributed by atoms with van der Waals surface area (Å²) in [4.78, 5) is 21.4. The zero-order valence-corrected chi connectivity index (χ0v) is 10.4. The average molecular weight is 268 g/mol. The van der Waals surface area contributed by atoms with E-state index in [1.54, 1.807) is 17.9 Å². The molecule has 1 saturated heterocycles. The largest absolute Gasteiger partial charge is 0.448 e. The van der Waals surface area contributed by atoms with Crippen molar-refractivity contribution in [3.8, 4) is 0 Å². The minimum Gasteiger partial charge on any atom is -0.448 e. The van der Waals surface area contributed by atoms with E-state index in [-0.39, 0.29) is 6.09 Å². The third kappa shape index (κ3) is 1.76. The van der Waals surface area contributed by atoms with Crippen molar-refractivity contribution >= 4 is 28.7 Å². The molecule has 1 aliphatic rings. The molecule has 0 spiro atoms. The minimum absolute atomic E-state index is 0.291. The maximum Gasteiger partial charge on any atom is 0.410 e. The number of aromatic nitrogens is 4. The van der Waals surface area contributed by atoms with Crippen LogP contribution >= 0.6 is 11.6 Å². The van der Waals surface area contributed by atoms with Crippen LogP contribution in [0.15, 0.2) is 6.20 Å². The van der Waals surface area contributed by atoms with Gasteiger partial charge in [0.05, 0.1) is 24.7 Å². The lowest BCUT2D eigenvalue weighted by atomic mass is 10.4. The first kappa shape index (κ1) is 11.2. The highest BCUT2D eigenvalue weighted by Gasteiger charge is 2.23. The molecule has 0 aromatic carbocycles.